The third-order valence-electron chi connectivity index (χ3n) is 5.94. The third kappa shape index (κ3) is 4.42. The minimum Gasteiger partial charge on any atom is -0.374 e. The van der Waals surface area contributed by atoms with Crippen LogP contribution in [0.5, 0.6) is 0 Å². The predicted molar refractivity (Wildman–Crippen MR) is 123 cm³/mol. The first-order valence-electron chi connectivity index (χ1n) is 10.5. The van der Waals surface area contributed by atoms with Crippen molar-refractivity contribution in [3.05, 3.63) is 64.8 Å². The van der Waals surface area contributed by atoms with Gasteiger partial charge in [0.2, 0.25) is 5.91 Å². The van der Waals surface area contributed by atoms with Gasteiger partial charge in [-0.25, -0.2) is 4.39 Å². The van der Waals surface area contributed by atoms with E-state index in [9.17, 15) is 14.0 Å². The maximum atomic E-state index is 13.1. The number of fused-ring (bicyclic) bond motifs is 1. The molecule has 2 aromatic carbocycles. The lowest BCUT2D eigenvalue weighted by atomic mass is 9.95. The van der Waals surface area contributed by atoms with E-state index in [2.05, 4.69) is 11.4 Å². The van der Waals surface area contributed by atoms with E-state index in [0.717, 1.165) is 32.6 Å². The molecule has 0 saturated carbocycles. The molecule has 1 aliphatic rings. The molecule has 1 aromatic heterocycles. The summed E-state index contributed by atoms with van der Waals surface area (Å²) < 4.78 is 14.2. The molecule has 0 radical (unpaired) electrons. The number of rotatable bonds is 6. The van der Waals surface area contributed by atoms with Crippen LogP contribution in [0.15, 0.2) is 48.5 Å². The second-order valence-corrected chi connectivity index (χ2v) is 8.95. The number of amides is 2. The minimum absolute atomic E-state index is 0.0677. The van der Waals surface area contributed by atoms with Gasteiger partial charge in [-0.3, -0.25) is 9.59 Å². The quantitative estimate of drug-likeness (QED) is 0.625. The lowest BCUT2D eigenvalue weighted by Gasteiger charge is -2.22. The molecular formula is C24H26FN3O2S. The largest absolute Gasteiger partial charge is 0.374 e. The number of likely N-dealkylation sites (tertiary alicyclic amines) is 1. The van der Waals surface area contributed by atoms with E-state index < -0.39 is 0 Å². The molecule has 0 bridgehead atoms. The standard InChI is InChI=1S/C24H26FN3O2S/c1-26-24(30)23-22(19-5-3-4-6-20(19)31-23)16-11-14-28(15-16)21(29)12-13-27(2)18-9-7-17(25)8-10-18/h3-10,16H,11-15H2,1-2H3,(H,26,30)/t16-/m0/s1. The highest BCUT2D eigenvalue weighted by Gasteiger charge is 2.32. The van der Waals surface area contributed by atoms with Gasteiger partial charge < -0.3 is 15.1 Å². The number of thiophene rings is 1. The highest BCUT2D eigenvalue weighted by Crippen LogP contribution is 2.40. The van der Waals surface area contributed by atoms with Crippen molar-refractivity contribution in [2.75, 3.05) is 38.6 Å². The second-order valence-electron chi connectivity index (χ2n) is 7.89. The third-order valence-corrected chi connectivity index (χ3v) is 7.13. The van der Waals surface area contributed by atoms with Crippen LogP contribution in [0, 0.1) is 5.82 Å². The van der Waals surface area contributed by atoms with Gasteiger partial charge in [0, 0.05) is 56.5 Å². The zero-order valence-corrected chi connectivity index (χ0v) is 18.5. The highest BCUT2D eigenvalue weighted by atomic mass is 32.1. The van der Waals surface area contributed by atoms with E-state index in [4.69, 9.17) is 0 Å². The Labute approximate surface area is 185 Å². The lowest BCUT2D eigenvalue weighted by Crippen LogP contribution is -2.32. The average molecular weight is 440 g/mol. The maximum Gasteiger partial charge on any atom is 0.261 e. The number of hydrogen-bond donors (Lipinski definition) is 1. The summed E-state index contributed by atoms with van der Waals surface area (Å²) in [5.74, 6) is -0.0740. The fourth-order valence-electron chi connectivity index (χ4n) is 4.22. The van der Waals surface area contributed by atoms with Crippen LogP contribution < -0.4 is 10.2 Å². The van der Waals surface area contributed by atoms with Crippen LogP contribution in [0.2, 0.25) is 0 Å². The number of carbonyl (C=O) groups excluding carboxylic acids is 2. The SMILES string of the molecule is CNC(=O)c1sc2ccccc2c1[C@H]1CCN(C(=O)CCN(C)c2ccc(F)cc2)C1. The van der Waals surface area contributed by atoms with Gasteiger partial charge in [-0.15, -0.1) is 11.3 Å². The van der Waals surface area contributed by atoms with Crippen LogP contribution in [0.25, 0.3) is 10.1 Å². The maximum absolute atomic E-state index is 13.1. The van der Waals surface area contributed by atoms with Gasteiger partial charge in [0.1, 0.15) is 5.82 Å². The van der Waals surface area contributed by atoms with Gasteiger partial charge in [-0.2, -0.15) is 0 Å². The summed E-state index contributed by atoms with van der Waals surface area (Å²) in [4.78, 5) is 30.0. The molecule has 1 saturated heterocycles. The smallest absolute Gasteiger partial charge is 0.261 e. The van der Waals surface area contributed by atoms with Gasteiger partial charge in [-0.05, 0) is 47.7 Å². The number of anilines is 1. The van der Waals surface area contributed by atoms with Crippen LogP contribution in [-0.4, -0.2) is 50.4 Å². The Kier molecular flexibility index (Phi) is 6.23. The molecule has 0 spiro atoms. The molecule has 1 aliphatic heterocycles. The van der Waals surface area contributed by atoms with E-state index in [-0.39, 0.29) is 23.5 Å². The number of halogens is 1. The normalized spacial score (nSPS) is 16.0. The average Bonchev–Trinajstić information content (AvgIpc) is 3.42. The Bertz CT molecular complexity index is 1100. The van der Waals surface area contributed by atoms with Gasteiger partial charge in [0.25, 0.3) is 5.91 Å². The van der Waals surface area contributed by atoms with E-state index in [1.807, 2.05) is 35.0 Å². The zero-order chi connectivity index (χ0) is 22.0. The summed E-state index contributed by atoms with van der Waals surface area (Å²) >= 11 is 1.52. The topological polar surface area (TPSA) is 52.7 Å². The first-order chi connectivity index (χ1) is 15.0. The van der Waals surface area contributed by atoms with E-state index >= 15 is 0 Å². The molecule has 0 aliphatic carbocycles. The van der Waals surface area contributed by atoms with Crippen LogP contribution in [-0.2, 0) is 4.79 Å². The van der Waals surface area contributed by atoms with Crippen LogP contribution >= 0.6 is 11.3 Å². The summed E-state index contributed by atoms with van der Waals surface area (Å²) in [6.07, 6.45) is 1.25. The Hall–Kier alpha value is -2.93. The van der Waals surface area contributed by atoms with Crippen molar-refractivity contribution in [1.29, 1.82) is 0 Å². The summed E-state index contributed by atoms with van der Waals surface area (Å²) in [5.41, 5.74) is 1.95. The molecule has 1 N–H and O–H groups in total. The van der Waals surface area contributed by atoms with Crippen LogP contribution in [0.1, 0.15) is 34.0 Å². The first kappa shape index (κ1) is 21.3. The summed E-state index contributed by atoms with van der Waals surface area (Å²) in [7, 11) is 3.55. The molecular weight excluding hydrogens is 413 g/mol. The van der Waals surface area contributed by atoms with Gasteiger partial charge >= 0.3 is 0 Å². The monoisotopic (exact) mass is 439 g/mol. The Morgan fingerprint density at radius 2 is 1.94 bits per heavy atom. The molecule has 2 amide bonds. The highest BCUT2D eigenvalue weighted by molar-refractivity contribution is 7.21. The van der Waals surface area contributed by atoms with Crippen LogP contribution in [0.4, 0.5) is 10.1 Å². The zero-order valence-electron chi connectivity index (χ0n) is 17.7. The first-order valence-corrected chi connectivity index (χ1v) is 11.3. The van der Waals surface area contributed by atoms with Crippen molar-refractivity contribution in [1.82, 2.24) is 10.2 Å². The Morgan fingerprint density at radius 3 is 2.68 bits per heavy atom. The molecule has 7 heteroatoms. The molecule has 4 rings (SSSR count). The predicted octanol–water partition coefficient (Wildman–Crippen LogP) is 4.24. The minimum atomic E-state index is -0.270. The van der Waals surface area contributed by atoms with Crippen molar-refractivity contribution < 1.29 is 14.0 Å². The fraction of sp³-hybridized carbons (Fsp3) is 0.333. The van der Waals surface area contributed by atoms with E-state index in [1.54, 1.807) is 19.2 Å². The molecule has 31 heavy (non-hydrogen) atoms. The number of nitrogens with one attached hydrogen (secondary N) is 1. The second kappa shape index (κ2) is 9.06. The molecule has 162 valence electrons. The van der Waals surface area contributed by atoms with Crippen molar-refractivity contribution in [2.45, 2.75) is 18.8 Å². The van der Waals surface area contributed by atoms with Crippen molar-refractivity contribution >= 4 is 38.9 Å². The summed E-state index contributed by atoms with van der Waals surface area (Å²) in [6, 6.07) is 14.4. The molecule has 0 unspecified atom stereocenters. The molecule has 1 fully saturated rings. The van der Waals surface area contributed by atoms with Crippen LogP contribution in [0.3, 0.4) is 0 Å². The number of benzene rings is 2. The lowest BCUT2D eigenvalue weighted by molar-refractivity contribution is -0.129. The fourth-order valence-corrected chi connectivity index (χ4v) is 5.46. The van der Waals surface area contributed by atoms with Crippen molar-refractivity contribution in [3.63, 3.8) is 0 Å². The molecule has 5 nitrogen and oxygen atoms in total. The van der Waals surface area contributed by atoms with Gasteiger partial charge in [0.15, 0.2) is 0 Å². The molecule has 2 heterocycles. The van der Waals surface area contributed by atoms with Gasteiger partial charge in [0.05, 0.1) is 4.88 Å². The van der Waals surface area contributed by atoms with Crippen molar-refractivity contribution in [2.24, 2.45) is 0 Å². The van der Waals surface area contributed by atoms with Crippen molar-refractivity contribution in [3.8, 4) is 0 Å². The Morgan fingerprint density at radius 1 is 1.19 bits per heavy atom. The van der Waals surface area contributed by atoms with E-state index in [0.29, 0.717) is 26.1 Å². The number of hydrogen-bond acceptors (Lipinski definition) is 4. The Balaban J connectivity index is 1.44. The number of nitrogens with zero attached hydrogens (tertiary/aromatic N) is 2. The summed E-state index contributed by atoms with van der Waals surface area (Å²) in [6.45, 7) is 1.89. The van der Waals surface area contributed by atoms with Gasteiger partial charge in [-0.1, -0.05) is 18.2 Å². The molecule has 3 aromatic rings. The molecule has 1 atom stereocenters. The summed E-state index contributed by atoms with van der Waals surface area (Å²) in [5, 5.41) is 3.87. The van der Waals surface area contributed by atoms with E-state index in [1.165, 1.54) is 23.5 Å². The number of carbonyl (C=O) groups is 2.